The molecule has 3 aromatic rings. The first kappa shape index (κ1) is 19.3. The molecule has 0 atom stereocenters. The van der Waals surface area contributed by atoms with Crippen molar-refractivity contribution in [2.24, 2.45) is 0 Å². The van der Waals surface area contributed by atoms with E-state index in [4.69, 9.17) is 9.72 Å². The van der Waals surface area contributed by atoms with Gasteiger partial charge in [-0.25, -0.2) is 9.37 Å². The maximum atomic E-state index is 13.2. The van der Waals surface area contributed by atoms with Crippen molar-refractivity contribution in [1.82, 2.24) is 4.98 Å². The Balaban J connectivity index is 1.67. The lowest BCUT2D eigenvalue weighted by molar-refractivity contribution is 0.307. The van der Waals surface area contributed by atoms with Crippen LogP contribution in [-0.4, -0.2) is 11.6 Å². The summed E-state index contributed by atoms with van der Waals surface area (Å²) in [5.41, 5.74) is 2.60. The summed E-state index contributed by atoms with van der Waals surface area (Å²) in [6, 6.07) is 16.4. The Morgan fingerprint density at radius 3 is 2.33 bits per heavy atom. The van der Waals surface area contributed by atoms with Gasteiger partial charge in [-0.05, 0) is 42.8 Å². The summed E-state index contributed by atoms with van der Waals surface area (Å²) in [5.74, 6) is 0.612. The predicted octanol–water partition coefficient (Wildman–Crippen LogP) is 7.17. The predicted molar refractivity (Wildman–Crippen MR) is 111 cm³/mol. The van der Waals surface area contributed by atoms with E-state index in [-0.39, 0.29) is 5.82 Å². The van der Waals surface area contributed by atoms with Gasteiger partial charge >= 0.3 is 0 Å². The molecule has 3 rings (SSSR count). The molecule has 0 radical (unpaired) electrons. The average Bonchev–Trinajstić information content (AvgIpc) is 2.70. The number of pyridine rings is 1. The van der Waals surface area contributed by atoms with Crippen LogP contribution in [0.2, 0.25) is 0 Å². The van der Waals surface area contributed by atoms with Crippen LogP contribution in [0.5, 0.6) is 5.75 Å². The Hall–Kier alpha value is -2.42. The number of aromatic nitrogens is 1. The van der Waals surface area contributed by atoms with Crippen LogP contribution in [0.1, 0.15) is 51.9 Å². The van der Waals surface area contributed by atoms with E-state index in [1.807, 2.05) is 30.3 Å². The average molecular weight is 365 g/mol. The topological polar surface area (TPSA) is 22.1 Å². The lowest BCUT2D eigenvalue weighted by Crippen LogP contribution is -1.99. The normalized spacial score (nSPS) is 11.0. The molecule has 0 aliphatic heterocycles. The van der Waals surface area contributed by atoms with Crippen LogP contribution in [0, 0.1) is 5.82 Å². The molecule has 0 bridgehead atoms. The highest BCUT2D eigenvalue weighted by molar-refractivity contribution is 5.87. The van der Waals surface area contributed by atoms with Crippen molar-refractivity contribution in [2.75, 3.05) is 6.61 Å². The molecule has 0 aliphatic rings. The van der Waals surface area contributed by atoms with E-state index in [0.717, 1.165) is 34.3 Å². The minimum Gasteiger partial charge on any atom is -0.493 e. The quantitative estimate of drug-likeness (QED) is 0.355. The summed E-state index contributed by atoms with van der Waals surface area (Å²) in [5, 5.41) is 1.02. The van der Waals surface area contributed by atoms with Gasteiger partial charge in [0.1, 0.15) is 11.6 Å². The Bertz CT molecular complexity index is 845. The number of nitrogens with zero attached hydrogens (tertiary/aromatic N) is 1. The highest BCUT2D eigenvalue weighted by atomic mass is 19.1. The number of ether oxygens (including phenoxy) is 1. The molecule has 1 aromatic heterocycles. The van der Waals surface area contributed by atoms with E-state index in [0.29, 0.717) is 6.61 Å². The number of halogens is 1. The van der Waals surface area contributed by atoms with Gasteiger partial charge in [-0.2, -0.15) is 0 Å². The van der Waals surface area contributed by atoms with Gasteiger partial charge in [-0.1, -0.05) is 57.6 Å². The minimum absolute atomic E-state index is 0.241. The first-order valence-electron chi connectivity index (χ1n) is 10.1. The van der Waals surface area contributed by atoms with Gasteiger partial charge < -0.3 is 4.74 Å². The molecule has 0 aliphatic carbocycles. The summed E-state index contributed by atoms with van der Waals surface area (Å²) >= 11 is 0. The second kappa shape index (κ2) is 10.1. The molecule has 2 aromatic carbocycles. The molecular weight excluding hydrogens is 337 g/mol. The second-order valence-electron chi connectivity index (χ2n) is 7.00. The van der Waals surface area contributed by atoms with Crippen molar-refractivity contribution in [3.05, 3.63) is 60.4 Å². The molecule has 0 amide bonds. The first-order chi connectivity index (χ1) is 13.3. The van der Waals surface area contributed by atoms with Crippen LogP contribution in [0.4, 0.5) is 4.39 Å². The zero-order valence-corrected chi connectivity index (χ0v) is 16.1. The van der Waals surface area contributed by atoms with Gasteiger partial charge in [0.25, 0.3) is 0 Å². The smallest absolute Gasteiger partial charge is 0.130 e. The van der Waals surface area contributed by atoms with E-state index in [2.05, 4.69) is 6.92 Å². The number of rotatable bonds is 10. The van der Waals surface area contributed by atoms with E-state index < -0.39 is 0 Å². The third-order valence-corrected chi connectivity index (χ3v) is 4.82. The molecule has 0 spiro atoms. The monoisotopic (exact) mass is 365 g/mol. The Labute approximate surface area is 161 Å². The van der Waals surface area contributed by atoms with Crippen molar-refractivity contribution in [3.63, 3.8) is 0 Å². The third-order valence-electron chi connectivity index (χ3n) is 4.82. The molecular formula is C24H28FNO. The summed E-state index contributed by atoms with van der Waals surface area (Å²) in [6.07, 6.45) is 8.84. The fraction of sp³-hybridized carbons (Fsp3) is 0.375. The molecule has 0 N–H and O–H groups in total. The molecule has 27 heavy (non-hydrogen) atoms. The molecule has 3 heteroatoms. The van der Waals surface area contributed by atoms with Crippen LogP contribution in [0.15, 0.2) is 54.6 Å². The van der Waals surface area contributed by atoms with Gasteiger partial charge in [-0.15, -0.1) is 0 Å². The zero-order chi connectivity index (χ0) is 18.9. The molecule has 0 saturated heterocycles. The zero-order valence-electron chi connectivity index (χ0n) is 16.1. The van der Waals surface area contributed by atoms with Crippen LogP contribution in [-0.2, 0) is 0 Å². The number of unbranched alkanes of at least 4 members (excludes halogenated alkanes) is 6. The maximum Gasteiger partial charge on any atom is 0.130 e. The van der Waals surface area contributed by atoms with E-state index in [1.165, 1.54) is 50.7 Å². The molecule has 0 unspecified atom stereocenters. The Morgan fingerprint density at radius 1 is 0.852 bits per heavy atom. The van der Waals surface area contributed by atoms with Gasteiger partial charge in [0.05, 0.1) is 17.8 Å². The van der Waals surface area contributed by atoms with E-state index in [9.17, 15) is 4.39 Å². The van der Waals surface area contributed by atoms with Gasteiger partial charge in [0.15, 0.2) is 0 Å². The summed E-state index contributed by atoms with van der Waals surface area (Å²) in [4.78, 5) is 4.72. The number of hydrogen-bond acceptors (Lipinski definition) is 2. The van der Waals surface area contributed by atoms with Gasteiger partial charge in [0, 0.05) is 17.0 Å². The van der Waals surface area contributed by atoms with Crippen LogP contribution < -0.4 is 4.74 Å². The van der Waals surface area contributed by atoms with Crippen LogP contribution in [0.3, 0.4) is 0 Å². The molecule has 0 fully saturated rings. The number of fused-ring (bicyclic) bond motifs is 1. The fourth-order valence-electron chi connectivity index (χ4n) is 3.27. The molecule has 0 saturated carbocycles. The second-order valence-corrected chi connectivity index (χ2v) is 7.00. The third kappa shape index (κ3) is 5.53. The summed E-state index contributed by atoms with van der Waals surface area (Å²) < 4.78 is 19.3. The summed E-state index contributed by atoms with van der Waals surface area (Å²) in [7, 11) is 0. The molecule has 1 heterocycles. The van der Waals surface area contributed by atoms with Crippen LogP contribution in [0.25, 0.3) is 22.2 Å². The minimum atomic E-state index is -0.241. The Morgan fingerprint density at radius 2 is 1.56 bits per heavy atom. The highest BCUT2D eigenvalue weighted by Crippen LogP contribution is 2.30. The largest absolute Gasteiger partial charge is 0.493 e. The van der Waals surface area contributed by atoms with E-state index in [1.54, 1.807) is 12.1 Å². The highest BCUT2D eigenvalue weighted by Gasteiger charge is 2.09. The number of hydrogen-bond donors (Lipinski definition) is 0. The van der Waals surface area contributed by atoms with Crippen molar-refractivity contribution in [2.45, 2.75) is 51.9 Å². The van der Waals surface area contributed by atoms with Crippen LogP contribution >= 0.6 is 0 Å². The maximum absolute atomic E-state index is 13.2. The molecule has 142 valence electrons. The van der Waals surface area contributed by atoms with E-state index >= 15 is 0 Å². The van der Waals surface area contributed by atoms with Crippen molar-refractivity contribution in [1.29, 1.82) is 0 Å². The lowest BCUT2D eigenvalue weighted by Gasteiger charge is -2.12. The lowest BCUT2D eigenvalue weighted by atomic mass is 10.1. The Kier molecular flexibility index (Phi) is 7.20. The SMILES string of the molecule is CCCCCCCCCOc1cc(-c2ccc(F)cc2)nc2ccccc12. The van der Waals surface area contributed by atoms with Gasteiger partial charge in [0.2, 0.25) is 0 Å². The standard InChI is InChI=1S/C24H28FNO/c1-2-3-4-5-6-7-10-17-27-24-18-23(19-13-15-20(25)16-14-19)26-22-12-9-8-11-21(22)24/h8-9,11-16,18H,2-7,10,17H2,1H3. The number of benzene rings is 2. The summed E-state index contributed by atoms with van der Waals surface area (Å²) in [6.45, 7) is 2.96. The van der Waals surface area contributed by atoms with Gasteiger partial charge in [-0.3, -0.25) is 0 Å². The van der Waals surface area contributed by atoms with Crippen molar-refractivity contribution >= 4 is 10.9 Å². The van der Waals surface area contributed by atoms with Crippen molar-refractivity contribution in [3.8, 4) is 17.0 Å². The first-order valence-corrected chi connectivity index (χ1v) is 10.1. The fourth-order valence-corrected chi connectivity index (χ4v) is 3.27. The number of para-hydroxylation sites is 1. The molecule has 2 nitrogen and oxygen atoms in total. The van der Waals surface area contributed by atoms with Crippen molar-refractivity contribution < 1.29 is 9.13 Å².